The van der Waals surface area contributed by atoms with Gasteiger partial charge in [-0.15, -0.1) is 0 Å². The highest BCUT2D eigenvalue weighted by atomic mass is 16.3. The van der Waals surface area contributed by atoms with E-state index < -0.39 is 12.1 Å². The van der Waals surface area contributed by atoms with E-state index in [2.05, 4.69) is 55.6 Å². The molecule has 0 saturated carbocycles. The third-order valence-corrected chi connectivity index (χ3v) is 9.90. The smallest absolute Gasteiger partial charge is 0.220 e. The van der Waals surface area contributed by atoms with Gasteiger partial charge in [-0.3, -0.25) is 4.79 Å². The molecule has 0 aliphatic carbocycles. The summed E-state index contributed by atoms with van der Waals surface area (Å²) in [5, 5.41) is 23.1. The topological polar surface area (TPSA) is 69.6 Å². The number of rotatable bonds is 39. The van der Waals surface area contributed by atoms with Gasteiger partial charge in [0.1, 0.15) is 0 Å². The Morgan fingerprint density at radius 1 is 0.490 bits per heavy atom. The summed E-state index contributed by atoms with van der Waals surface area (Å²) < 4.78 is 0. The van der Waals surface area contributed by atoms with Crippen LogP contribution in [-0.2, 0) is 4.79 Å². The van der Waals surface area contributed by atoms with Crippen molar-refractivity contribution in [2.75, 3.05) is 6.61 Å². The zero-order chi connectivity index (χ0) is 35.7. The van der Waals surface area contributed by atoms with Crippen molar-refractivity contribution < 1.29 is 15.0 Å². The van der Waals surface area contributed by atoms with Gasteiger partial charge in [-0.25, -0.2) is 0 Å². The fourth-order valence-corrected chi connectivity index (χ4v) is 6.54. The van der Waals surface area contributed by atoms with E-state index in [0.29, 0.717) is 12.8 Å². The fourth-order valence-electron chi connectivity index (χ4n) is 6.54. The first-order valence-corrected chi connectivity index (χ1v) is 21.7. The third kappa shape index (κ3) is 37.7. The van der Waals surface area contributed by atoms with E-state index >= 15 is 0 Å². The van der Waals surface area contributed by atoms with Crippen molar-refractivity contribution >= 4 is 5.91 Å². The van der Waals surface area contributed by atoms with E-state index in [1.165, 1.54) is 161 Å². The van der Waals surface area contributed by atoms with Crippen LogP contribution in [0.1, 0.15) is 226 Å². The number of nitrogens with one attached hydrogen (secondary N) is 1. The zero-order valence-electron chi connectivity index (χ0n) is 33.0. The van der Waals surface area contributed by atoms with E-state index in [1.807, 2.05) is 0 Å². The molecule has 0 aromatic heterocycles. The van der Waals surface area contributed by atoms with Crippen LogP contribution in [0.4, 0.5) is 0 Å². The number of hydrogen-bond acceptors (Lipinski definition) is 3. The Morgan fingerprint density at radius 2 is 0.837 bits per heavy atom. The standard InChI is InChI=1S/C45H85NO3/c1-3-5-7-9-11-13-15-17-18-19-20-21-22-23-24-25-26-27-28-29-31-33-35-37-39-41-45(49)46-43(42-47)44(48)40-38-36-34-32-30-16-14-12-10-8-6-4-2/h15,17,19-20,22-23,43-44,47-48H,3-14,16,18,21,24-42H2,1-2H3,(H,46,49)/b17-15-,20-19-,23-22-. The van der Waals surface area contributed by atoms with Gasteiger partial charge in [-0.05, 0) is 51.4 Å². The van der Waals surface area contributed by atoms with Crippen molar-refractivity contribution in [2.45, 2.75) is 238 Å². The second kappa shape index (κ2) is 41.0. The minimum Gasteiger partial charge on any atom is -0.394 e. The molecule has 0 bridgehead atoms. The third-order valence-electron chi connectivity index (χ3n) is 9.90. The van der Waals surface area contributed by atoms with Gasteiger partial charge in [-0.1, -0.05) is 204 Å². The molecular formula is C45H85NO3. The summed E-state index contributed by atoms with van der Waals surface area (Å²) in [6.45, 7) is 4.34. The Labute approximate surface area is 306 Å². The first-order valence-electron chi connectivity index (χ1n) is 21.7. The molecular weight excluding hydrogens is 602 g/mol. The average molecular weight is 688 g/mol. The number of allylic oxidation sites excluding steroid dienone is 6. The lowest BCUT2D eigenvalue weighted by Crippen LogP contribution is -2.45. The van der Waals surface area contributed by atoms with Crippen LogP contribution in [-0.4, -0.2) is 34.9 Å². The lowest BCUT2D eigenvalue weighted by molar-refractivity contribution is -0.123. The Morgan fingerprint density at radius 3 is 1.24 bits per heavy atom. The molecule has 3 N–H and O–H groups in total. The molecule has 0 fully saturated rings. The van der Waals surface area contributed by atoms with Crippen molar-refractivity contribution in [3.8, 4) is 0 Å². The van der Waals surface area contributed by atoms with E-state index in [4.69, 9.17) is 0 Å². The summed E-state index contributed by atoms with van der Waals surface area (Å²) in [4.78, 5) is 12.4. The molecule has 0 rings (SSSR count). The van der Waals surface area contributed by atoms with Gasteiger partial charge in [0.15, 0.2) is 0 Å². The molecule has 0 spiro atoms. The van der Waals surface area contributed by atoms with Crippen molar-refractivity contribution in [3.63, 3.8) is 0 Å². The Bertz CT molecular complexity index is 746. The van der Waals surface area contributed by atoms with Gasteiger partial charge >= 0.3 is 0 Å². The second-order valence-corrected chi connectivity index (χ2v) is 14.8. The zero-order valence-corrected chi connectivity index (χ0v) is 33.0. The minimum absolute atomic E-state index is 0.0365. The Hall–Kier alpha value is -1.39. The van der Waals surface area contributed by atoms with Crippen molar-refractivity contribution in [3.05, 3.63) is 36.5 Å². The summed E-state index contributed by atoms with van der Waals surface area (Å²) in [7, 11) is 0. The largest absolute Gasteiger partial charge is 0.394 e. The van der Waals surface area contributed by atoms with Gasteiger partial charge < -0.3 is 15.5 Å². The molecule has 49 heavy (non-hydrogen) atoms. The first-order chi connectivity index (χ1) is 24.2. The highest BCUT2D eigenvalue weighted by Gasteiger charge is 2.19. The van der Waals surface area contributed by atoms with Crippen LogP contribution in [0.5, 0.6) is 0 Å². The summed E-state index contributed by atoms with van der Waals surface area (Å²) in [6.07, 6.45) is 53.6. The summed E-state index contributed by atoms with van der Waals surface area (Å²) in [5.74, 6) is -0.0365. The minimum atomic E-state index is -0.659. The normalized spacial score (nSPS) is 13.3. The molecule has 0 heterocycles. The number of aliphatic hydroxyl groups is 2. The van der Waals surface area contributed by atoms with Gasteiger partial charge in [0.25, 0.3) is 0 Å². The molecule has 1 amide bonds. The molecule has 2 atom stereocenters. The van der Waals surface area contributed by atoms with Crippen molar-refractivity contribution in [2.24, 2.45) is 0 Å². The maximum absolute atomic E-state index is 12.4. The molecule has 0 aromatic carbocycles. The fraction of sp³-hybridized carbons (Fsp3) is 0.844. The molecule has 4 heteroatoms. The summed E-state index contributed by atoms with van der Waals surface area (Å²) >= 11 is 0. The van der Waals surface area contributed by atoms with Crippen molar-refractivity contribution in [1.82, 2.24) is 5.32 Å². The number of carbonyl (C=O) groups is 1. The molecule has 0 radical (unpaired) electrons. The number of aliphatic hydroxyl groups excluding tert-OH is 2. The van der Waals surface area contributed by atoms with Crippen LogP contribution in [0.3, 0.4) is 0 Å². The Kier molecular flexibility index (Phi) is 39.9. The van der Waals surface area contributed by atoms with E-state index in [-0.39, 0.29) is 12.5 Å². The number of carbonyl (C=O) groups excluding carboxylic acids is 1. The highest BCUT2D eigenvalue weighted by molar-refractivity contribution is 5.76. The monoisotopic (exact) mass is 688 g/mol. The second-order valence-electron chi connectivity index (χ2n) is 14.8. The van der Waals surface area contributed by atoms with Crippen LogP contribution >= 0.6 is 0 Å². The summed E-state index contributed by atoms with van der Waals surface area (Å²) in [5.41, 5.74) is 0. The first kappa shape index (κ1) is 47.6. The maximum atomic E-state index is 12.4. The van der Waals surface area contributed by atoms with Crippen LogP contribution in [0.2, 0.25) is 0 Å². The molecule has 4 nitrogen and oxygen atoms in total. The molecule has 0 aromatic rings. The molecule has 0 saturated heterocycles. The Balaban J connectivity index is 3.52. The number of unbranched alkanes of at least 4 members (excludes halogenated alkanes) is 26. The van der Waals surface area contributed by atoms with Gasteiger partial charge in [0.2, 0.25) is 5.91 Å². The van der Waals surface area contributed by atoms with Gasteiger partial charge in [0, 0.05) is 6.42 Å². The molecule has 0 aliphatic rings. The van der Waals surface area contributed by atoms with Crippen LogP contribution in [0, 0.1) is 0 Å². The van der Waals surface area contributed by atoms with Crippen LogP contribution < -0.4 is 5.32 Å². The lowest BCUT2D eigenvalue weighted by atomic mass is 10.0. The van der Waals surface area contributed by atoms with Gasteiger partial charge in [0.05, 0.1) is 18.8 Å². The average Bonchev–Trinajstić information content (AvgIpc) is 3.10. The maximum Gasteiger partial charge on any atom is 0.220 e. The van der Waals surface area contributed by atoms with Gasteiger partial charge in [-0.2, -0.15) is 0 Å². The predicted molar refractivity (Wildman–Crippen MR) is 216 cm³/mol. The van der Waals surface area contributed by atoms with Crippen LogP contribution in [0.25, 0.3) is 0 Å². The molecule has 0 aliphatic heterocycles. The quantitative estimate of drug-likeness (QED) is 0.0445. The highest BCUT2D eigenvalue weighted by Crippen LogP contribution is 2.15. The summed E-state index contributed by atoms with van der Waals surface area (Å²) in [6, 6.07) is -0.537. The number of amides is 1. The molecule has 2 unspecified atom stereocenters. The van der Waals surface area contributed by atoms with Crippen LogP contribution in [0.15, 0.2) is 36.5 Å². The SMILES string of the molecule is CCCCCCC/C=C\C/C=C\C/C=C\CCCCCCCCCCCCC(=O)NC(CO)C(O)CCCCCCCCCCCCCC. The van der Waals surface area contributed by atoms with Crippen molar-refractivity contribution in [1.29, 1.82) is 0 Å². The van der Waals surface area contributed by atoms with E-state index in [1.54, 1.807) is 0 Å². The lowest BCUT2D eigenvalue weighted by Gasteiger charge is -2.22. The molecule has 288 valence electrons. The predicted octanol–water partition coefficient (Wildman–Crippen LogP) is 13.4. The van der Waals surface area contributed by atoms with E-state index in [9.17, 15) is 15.0 Å². The van der Waals surface area contributed by atoms with E-state index in [0.717, 1.165) is 38.5 Å². The number of hydrogen-bond donors (Lipinski definition) is 3.